The highest BCUT2D eigenvalue weighted by atomic mass is 79.9. The van der Waals surface area contributed by atoms with Crippen molar-refractivity contribution in [3.8, 4) is 0 Å². The molecule has 2 unspecified atom stereocenters. The molecule has 2 heterocycles. The lowest BCUT2D eigenvalue weighted by Gasteiger charge is -2.33. The molecule has 1 saturated heterocycles. The monoisotopic (exact) mass is 371 g/mol. The van der Waals surface area contributed by atoms with Gasteiger partial charge in [-0.15, -0.1) is 11.3 Å². The molecule has 1 saturated carbocycles. The number of carboxylic acids is 1. The Bertz CT molecular complexity index is 562. The number of carbonyl (C=O) groups excluding carboxylic acids is 1. The van der Waals surface area contributed by atoms with Gasteiger partial charge < -0.3 is 10.0 Å². The summed E-state index contributed by atoms with van der Waals surface area (Å²) in [6.07, 6.45) is 3.72. The molecule has 3 rings (SSSR count). The minimum absolute atomic E-state index is 0.119. The van der Waals surface area contributed by atoms with E-state index >= 15 is 0 Å². The van der Waals surface area contributed by atoms with Gasteiger partial charge in [-0.1, -0.05) is 0 Å². The van der Waals surface area contributed by atoms with Gasteiger partial charge in [0.15, 0.2) is 0 Å². The number of thiophene rings is 1. The van der Waals surface area contributed by atoms with Gasteiger partial charge in [0.1, 0.15) is 0 Å². The van der Waals surface area contributed by atoms with E-state index in [0.717, 1.165) is 27.1 Å². The maximum absolute atomic E-state index is 12.5. The summed E-state index contributed by atoms with van der Waals surface area (Å²) in [5, 5.41) is 9.63. The first-order chi connectivity index (χ1) is 9.99. The van der Waals surface area contributed by atoms with Gasteiger partial charge >= 0.3 is 5.97 Å². The number of aliphatic carboxylic acids is 1. The molecule has 114 valence electrons. The van der Waals surface area contributed by atoms with Gasteiger partial charge in [0.05, 0.1) is 12.0 Å². The van der Waals surface area contributed by atoms with Gasteiger partial charge in [0.2, 0.25) is 5.91 Å². The van der Waals surface area contributed by atoms with Crippen molar-refractivity contribution in [3.63, 3.8) is 0 Å². The Morgan fingerprint density at radius 1 is 1.43 bits per heavy atom. The molecule has 21 heavy (non-hydrogen) atoms. The Balaban J connectivity index is 2.05. The van der Waals surface area contributed by atoms with Crippen LogP contribution in [0.1, 0.15) is 47.9 Å². The molecule has 1 N–H and O–H groups in total. The molecule has 1 aliphatic heterocycles. The third-order valence-corrected chi connectivity index (χ3v) is 6.51. The van der Waals surface area contributed by atoms with Crippen LogP contribution in [0.4, 0.5) is 0 Å². The highest BCUT2D eigenvalue weighted by Crippen LogP contribution is 2.45. The van der Waals surface area contributed by atoms with Crippen LogP contribution >= 0.6 is 27.3 Å². The van der Waals surface area contributed by atoms with Gasteiger partial charge in [-0.25, -0.2) is 0 Å². The SMILES string of the molecule is Cc1sc(C2C(C(=O)O)CCCC(=O)N2C2CC2)cc1Br. The van der Waals surface area contributed by atoms with Crippen LogP contribution in [-0.4, -0.2) is 27.9 Å². The number of amides is 1. The molecular weight excluding hydrogens is 354 g/mol. The van der Waals surface area contributed by atoms with Crippen LogP contribution in [0.25, 0.3) is 0 Å². The fraction of sp³-hybridized carbons (Fsp3) is 0.600. The van der Waals surface area contributed by atoms with Crippen LogP contribution in [0, 0.1) is 12.8 Å². The summed E-state index contributed by atoms with van der Waals surface area (Å²) in [5.41, 5.74) is 0. The third-order valence-electron chi connectivity index (χ3n) is 4.30. The third kappa shape index (κ3) is 2.88. The first-order valence-corrected chi connectivity index (χ1v) is 8.89. The zero-order valence-corrected chi connectivity index (χ0v) is 14.2. The first kappa shape index (κ1) is 15.0. The van der Waals surface area contributed by atoms with Crippen LogP contribution < -0.4 is 0 Å². The molecular formula is C15H18BrNO3S. The second kappa shape index (κ2) is 5.72. The van der Waals surface area contributed by atoms with E-state index in [1.807, 2.05) is 17.9 Å². The van der Waals surface area contributed by atoms with Crippen LogP contribution in [0.15, 0.2) is 10.5 Å². The van der Waals surface area contributed by atoms with Crippen molar-refractivity contribution in [2.45, 2.75) is 51.1 Å². The van der Waals surface area contributed by atoms with Crippen molar-refractivity contribution >= 4 is 39.1 Å². The van der Waals surface area contributed by atoms with Crippen molar-refractivity contribution in [1.29, 1.82) is 0 Å². The van der Waals surface area contributed by atoms with Crippen LogP contribution in [0.5, 0.6) is 0 Å². The van der Waals surface area contributed by atoms with E-state index < -0.39 is 11.9 Å². The topological polar surface area (TPSA) is 57.6 Å². The molecule has 0 aromatic carbocycles. The Kier molecular flexibility index (Phi) is 4.10. The van der Waals surface area contributed by atoms with E-state index in [4.69, 9.17) is 0 Å². The number of rotatable bonds is 3. The molecule has 2 fully saturated rings. The zero-order valence-electron chi connectivity index (χ0n) is 11.8. The highest BCUT2D eigenvalue weighted by Gasteiger charge is 2.45. The van der Waals surface area contributed by atoms with E-state index in [2.05, 4.69) is 15.9 Å². The summed E-state index contributed by atoms with van der Waals surface area (Å²) >= 11 is 5.10. The normalized spacial score (nSPS) is 26.8. The van der Waals surface area contributed by atoms with E-state index in [9.17, 15) is 14.7 Å². The lowest BCUT2D eigenvalue weighted by atomic mass is 9.93. The summed E-state index contributed by atoms with van der Waals surface area (Å²) in [6, 6.07) is 1.93. The lowest BCUT2D eigenvalue weighted by molar-refractivity contribution is -0.146. The zero-order chi connectivity index (χ0) is 15.1. The molecule has 0 bridgehead atoms. The molecule has 2 atom stereocenters. The standard InChI is InChI=1S/C15H18BrNO3S/c1-8-11(16)7-12(21-8)14-10(15(19)20)3-2-4-13(18)17(14)9-5-6-9/h7,9-10,14H,2-6H2,1H3,(H,19,20). The van der Waals surface area contributed by atoms with E-state index in [1.54, 1.807) is 11.3 Å². The summed E-state index contributed by atoms with van der Waals surface area (Å²) in [4.78, 5) is 28.2. The highest BCUT2D eigenvalue weighted by molar-refractivity contribution is 9.10. The van der Waals surface area contributed by atoms with Gasteiger partial charge in [0, 0.05) is 26.7 Å². The maximum atomic E-state index is 12.5. The summed E-state index contributed by atoms with van der Waals surface area (Å²) in [5.74, 6) is -1.17. The average Bonchev–Trinajstić information content (AvgIpc) is 3.19. The van der Waals surface area contributed by atoms with Crippen molar-refractivity contribution in [2.75, 3.05) is 0 Å². The molecule has 1 aromatic rings. The average molecular weight is 372 g/mol. The molecule has 6 heteroatoms. The number of hydrogen-bond acceptors (Lipinski definition) is 3. The fourth-order valence-corrected chi connectivity index (χ4v) is 4.84. The van der Waals surface area contributed by atoms with Gasteiger partial charge in [-0.3, -0.25) is 9.59 Å². The Labute approximate surface area is 136 Å². The quantitative estimate of drug-likeness (QED) is 0.880. The van der Waals surface area contributed by atoms with Crippen LogP contribution in [0.3, 0.4) is 0 Å². The predicted octanol–water partition coefficient (Wildman–Crippen LogP) is 3.74. The van der Waals surface area contributed by atoms with E-state index in [0.29, 0.717) is 19.3 Å². The number of carboxylic acid groups (broad SMARTS) is 1. The Morgan fingerprint density at radius 3 is 2.67 bits per heavy atom. The smallest absolute Gasteiger partial charge is 0.308 e. The van der Waals surface area contributed by atoms with Crippen molar-refractivity contribution in [1.82, 2.24) is 4.90 Å². The maximum Gasteiger partial charge on any atom is 0.308 e. The van der Waals surface area contributed by atoms with E-state index in [-0.39, 0.29) is 18.0 Å². The molecule has 0 radical (unpaired) electrons. The molecule has 1 amide bonds. The summed E-state index contributed by atoms with van der Waals surface area (Å²) < 4.78 is 0.999. The second-order valence-electron chi connectivity index (χ2n) is 5.87. The van der Waals surface area contributed by atoms with Crippen molar-refractivity contribution in [2.24, 2.45) is 5.92 Å². The van der Waals surface area contributed by atoms with Gasteiger partial charge in [-0.05, 0) is 54.6 Å². The van der Waals surface area contributed by atoms with Crippen molar-refractivity contribution < 1.29 is 14.7 Å². The van der Waals surface area contributed by atoms with E-state index in [1.165, 1.54) is 0 Å². The number of halogens is 1. The Morgan fingerprint density at radius 2 is 2.14 bits per heavy atom. The fourth-order valence-electron chi connectivity index (χ4n) is 3.11. The molecule has 2 aliphatic rings. The number of likely N-dealkylation sites (tertiary alicyclic amines) is 1. The molecule has 0 spiro atoms. The largest absolute Gasteiger partial charge is 0.481 e. The second-order valence-corrected chi connectivity index (χ2v) is 8.01. The minimum Gasteiger partial charge on any atom is -0.481 e. The van der Waals surface area contributed by atoms with Crippen molar-refractivity contribution in [3.05, 3.63) is 20.3 Å². The number of hydrogen-bond donors (Lipinski definition) is 1. The summed E-state index contributed by atoms with van der Waals surface area (Å²) in [7, 11) is 0. The van der Waals surface area contributed by atoms with Crippen LogP contribution in [-0.2, 0) is 9.59 Å². The summed E-state index contributed by atoms with van der Waals surface area (Å²) in [6.45, 7) is 2.01. The number of nitrogens with zero attached hydrogens (tertiary/aromatic N) is 1. The minimum atomic E-state index is -0.789. The van der Waals surface area contributed by atoms with Crippen LogP contribution in [0.2, 0.25) is 0 Å². The van der Waals surface area contributed by atoms with Gasteiger partial charge in [0.25, 0.3) is 0 Å². The Hall–Kier alpha value is -0.880. The number of carbonyl (C=O) groups is 2. The lowest BCUT2D eigenvalue weighted by Crippen LogP contribution is -2.40. The number of aryl methyl sites for hydroxylation is 1. The molecule has 1 aromatic heterocycles. The van der Waals surface area contributed by atoms with Gasteiger partial charge in [-0.2, -0.15) is 0 Å². The predicted molar refractivity (Wildman–Crippen MR) is 84.3 cm³/mol. The molecule has 1 aliphatic carbocycles. The first-order valence-electron chi connectivity index (χ1n) is 7.29. The molecule has 4 nitrogen and oxygen atoms in total.